The fourth-order valence-corrected chi connectivity index (χ4v) is 1.65. The maximum atomic E-state index is 12.0. The van der Waals surface area contributed by atoms with E-state index in [1.807, 2.05) is 6.92 Å². The van der Waals surface area contributed by atoms with E-state index >= 15 is 0 Å². The summed E-state index contributed by atoms with van der Waals surface area (Å²) >= 11 is 0. The number of rotatable bonds is 8. The Morgan fingerprint density at radius 2 is 2.21 bits per heavy atom. The van der Waals surface area contributed by atoms with Crippen LogP contribution in [0.2, 0.25) is 0 Å². The van der Waals surface area contributed by atoms with E-state index in [9.17, 15) is 4.79 Å². The molecular weight excluding hydrogens is 244 g/mol. The Kier molecular flexibility index (Phi) is 6.84. The van der Waals surface area contributed by atoms with Gasteiger partial charge in [0.2, 0.25) is 0 Å². The van der Waals surface area contributed by atoms with Crippen molar-refractivity contribution in [2.45, 2.75) is 26.2 Å². The Balaban J connectivity index is 2.55. The molecule has 0 saturated heterocycles. The molecule has 106 valence electrons. The number of nitrogen functional groups attached to an aromatic ring is 1. The SMILES string of the molecule is CCc1cc(C(=O)NCCCCOC)cc(NN)n1. The molecular formula is C13H22N4O2. The van der Waals surface area contributed by atoms with Crippen molar-refractivity contribution in [2.24, 2.45) is 5.84 Å². The second-order valence-corrected chi connectivity index (χ2v) is 4.19. The smallest absolute Gasteiger partial charge is 0.251 e. The zero-order valence-electron chi connectivity index (χ0n) is 11.5. The van der Waals surface area contributed by atoms with Crippen LogP contribution in [0.15, 0.2) is 12.1 Å². The first-order chi connectivity index (χ1) is 9.21. The highest BCUT2D eigenvalue weighted by atomic mass is 16.5. The highest BCUT2D eigenvalue weighted by Gasteiger charge is 2.08. The lowest BCUT2D eigenvalue weighted by Crippen LogP contribution is -2.25. The summed E-state index contributed by atoms with van der Waals surface area (Å²) in [4.78, 5) is 16.2. The number of nitrogens with two attached hydrogens (primary N) is 1. The number of carbonyl (C=O) groups is 1. The summed E-state index contributed by atoms with van der Waals surface area (Å²) in [6.45, 7) is 3.33. The van der Waals surface area contributed by atoms with E-state index in [1.165, 1.54) is 0 Å². The van der Waals surface area contributed by atoms with Crippen LogP contribution in [0.25, 0.3) is 0 Å². The van der Waals surface area contributed by atoms with Gasteiger partial charge in [-0.1, -0.05) is 6.92 Å². The van der Waals surface area contributed by atoms with E-state index in [-0.39, 0.29) is 5.91 Å². The number of aryl methyl sites for hydroxylation is 1. The molecule has 1 heterocycles. The van der Waals surface area contributed by atoms with Crippen molar-refractivity contribution in [1.82, 2.24) is 10.3 Å². The van der Waals surface area contributed by atoms with Gasteiger partial charge in [-0.15, -0.1) is 0 Å². The minimum atomic E-state index is -0.106. The van der Waals surface area contributed by atoms with Crippen LogP contribution in [0.4, 0.5) is 5.82 Å². The third-order valence-electron chi connectivity index (χ3n) is 2.71. The number of hydrazine groups is 1. The highest BCUT2D eigenvalue weighted by Crippen LogP contribution is 2.10. The predicted octanol–water partition coefficient (Wildman–Crippen LogP) is 1.09. The lowest BCUT2D eigenvalue weighted by atomic mass is 10.2. The van der Waals surface area contributed by atoms with Crippen LogP contribution in [0.5, 0.6) is 0 Å². The number of carbonyl (C=O) groups excluding carboxylic acids is 1. The Morgan fingerprint density at radius 3 is 2.84 bits per heavy atom. The van der Waals surface area contributed by atoms with E-state index < -0.39 is 0 Å². The monoisotopic (exact) mass is 266 g/mol. The van der Waals surface area contributed by atoms with E-state index in [1.54, 1.807) is 19.2 Å². The summed E-state index contributed by atoms with van der Waals surface area (Å²) in [7, 11) is 1.67. The van der Waals surface area contributed by atoms with E-state index in [0.29, 0.717) is 24.5 Å². The van der Waals surface area contributed by atoms with Gasteiger partial charge in [-0.25, -0.2) is 10.8 Å². The number of aromatic nitrogens is 1. The summed E-state index contributed by atoms with van der Waals surface area (Å²) in [6.07, 6.45) is 2.58. The number of ether oxygens (including phenoxy) is 1. The van der Waals surface area contributed by atoms with Gasteiger partial charge in [-0.3, -0.25) is 4.79 Å². The second kappa shape index (κ2) is 8.44. The zero-order chi connectivity index (χ0) is 14.1. The third-order valence-corrected chi connectivity index (χ3v) is 2.71. The highest BCUT2D eigenvalue weighted by molar-refractivity contribution is 5.94. The number of hydrogen-bond acceptors (Lipinski definition) is 5. The molecule has 0 aliphatic carbocycles. The number of pyridine rings is 1. The number of methoxy groups -OCH3 is 1. The summed E-state index contributed by atoms with van der Waals surface area (Å²) < 4.78 is 4.95. The number of nitrogens with zero attached hydrogens (tertiary/aromatic N) is 1. The fourth-order valence-electron chi connectivity index (χ4n) is 1.65. The quantitative estimate of drug-likeness (QED) is 0.372. The molecule has 0 spiro atoms. The van der Waals surface area contributed by atoms with Gasteiger partial charge < -0.3 is 15.5 Å². The van der Waals surface area contributed by atoms with Gasteiger partial charge in [0.25, 0.3) is 5.91 Å². The van der Waals surface area contributed by atoms with Crippen LogP contribution in [-0.4, -0.2) is 31.2 Å². The van der Waals surface area contributed by atoms with Crippen molar-refractivity contribution in [1.29, 1.82) is 0 Å². The second-order valence-electron chi connectivity index (χ2n) is 4.19. The van der Waals surface area contributed by atoms with Gasteiger partial charge in [0, 0.05) is 31.5 Å². The zero-order valence-corrected chi connectivity index (χ0v) is 11.5. The minimum absolute atomic E-state index is 0.106. The number of nitrogens with one attached hydrogen (secondary N) is 2. The summed E-state index contributed by atoms with van der Waals surface area (Å²) in [5.41, 5.74) is 3.88. The van der Waals surface area contributed by atoms with Gasteiger partial charge in [-0.05, 0) is 31.4 Å². The fraction of sp³-hybridized carbons (Fsp3) is 0.538. The summed E-state index contributed by atoms with van der Waals surface area (Å²) in [5.74, 6) is 5.74. The number of unbranched alkanes of at least 4 members (excludes halogenated alkanes) is 1. The third kappa shape index (κ3) is 5.23. The lowest BCUT2D eigenvalue weighted by Gasteiger charge is -2.08. The standard InChI is InChI=1S/C13H22N4O2/c1-3-11-8-10(9-12(16-11)17-14)13(18)15-6-4-5-7-19-2/h8-9H,3-7,14H2,1-2H3,(H,15,18)(H,16,17). The van der Waals surface area contributed by atoms with Crippen LogP contribution in [0.1, 0.15) is 35.8 Å². The first-order valence-electron chi connectivity index (χ1n) is 6.46. The van der Waals surface area contributed by atoms with Crippen molar-refractivity contribution in [3.63, 3.8) is 0 Å². The van der Waals surface area contributed by atoms with Crippen molar-refractivity contribution < 1.29 is 9.53 Å². The van der Waals surface area contributed by atoms with Gasteiger partial charge >= 0.3 is 0 Å². The molecule has 1 rings (SSSR count). The molecule has 0 atom stereocenters. The molecule has 6 nitrogen and oxygen atoms in total. The molecule has 0 fully saturated rings. The van der Waals surface area contributed by atoms with Crippen LogP contribution in [0.3, 0.4) is 0 Å². The van der Waals surface area contributed by atoms with Crippen molar-refractivity contribution in [2.75, 3.05) is 25.7 Å². The molecule has 0 aromatic carbocycles. The van der Waals surface area contributed by atoms with E-state index in [4.69, 9.17) is 10.6 Å². The molecule has 1 aromatic rings. The van der Waals surface area contributed by atoms with Crippen LogP contribution < -0.4 is 16.6 Å². The molecule has 0 aliphatic heterocycles. The van der Waals surface area contributed by atoms with Crippen LogP contribution in [-0.2, 0) is 11.2 Å². The average Bonchev–Trinajstić information content (AvgIpc) is 2.46. The molecule has 0 radical (unpaired) electrons. The molecule has 6 heteroatoms. The van der Waals surface area contributed by atoms with Crippen molar-refractivity contribution in [3.05, 3.63) is 23.4 Å². The molecule has 0 aliphatic rings. The predicted molar refractivity (Wildman–Crippen MR) is 74.9 cm³/mol. The normalized spacial score (nSPS) is 10.3. The lowest BCUT2D eigenvalue weighted by molar-refractivity contribution is 0.0951. The van der Waals surface area contributed by atoms with E-state index in [0.717, 1.165) is 25.0 Å². The van der Waals surface area contributed by atoms with E-state index in [2.05, 4.69) is 15.7 Å². The minimum Gasteiger partial charge on any atom is -0.385 e. The Labute approximate surface area is 113 Å². The molecule has 1 amide bonds. The largest absolute Gasteiger partial charge is 0.385 e. The van der Waals surface area contributed by atoms with Crippen molar-refractivity contribution >= 4 is 11.7 Å². The molecule has 19 heavy (non-hydrogen) atoms. The van der Waals surface area contributed by atoms with Crippen LogP contribution >= 0.6 is 0 Å². The first-order valence-corrected chi connectivity index (χ1v) is 6.46. The molecule has 4 N–H and O–H groups in total. The maximum absolute atomic E-state index is 12.0. The number of amides is 1. The Bertz CT molecular complexity index is 387. The molecule has 1 aromatic heterocycles. The summed E-state index contributed by atoms with van der Waals surface area (Å²) in [6, 6.07) is 3.43. The Hall–Kier alpha value is -1.66. The van der Waals surface area contributed by atoms with Crippen LogP contribution in [0, 0.1) is 0 Å². The number of anilines is 1. The molecule has 0 saturated carbocycles. The molecule has 0 unspecified atom stereocenters. The summed E-state index contributed by atoms with van der Waals surface area (Å²) in [5, 5.41) is 2.87. The average molecular weight is 266 g/mol. The maximum Gasteiger partial charge on any atom is 0.251 e. The number of hydrogen-bond donors (Lipinski definition) is 3. The topological polar surface area (TPSA) is 89.3 Å². The van der Waals surface area contributed by atoms with Gasteiger partial charge in [0.1, 0.15) is 5.82 Å². The molecule has 0 bridgehead atoms. The van der Waals surface area contributed by atoms with Crippen molar-refractivity contribution in [3.8, 4) is 0 Å². The van der Waals surface area contributed by atoms with Gasteiger partial charge in [-0.2, -0.15) is 0 Å². The van der Waals surface area contributed by atoms with Gasteiger partial charge in [0.15, 0.2) is 0 Å². The first kappa shape index (κ1) is 15.4. The van der Waals surface area contributed by atoms with Gasteiger partial charge in [0.05, 0.1) is 0 Å². The Morgan fingerprint density at radius 1 is 1.42 bits per heavy atom.